The quantitative estimate of drug-likeness (QED) is 0.767. The molecule has 4 nitrogen and oxygen atoms in total. The minimum atomic E-state index is 0.102. The fourth-order valence-electron chi connectivity index (χ4n) is 1.37. The molecule has 1 aromatic rings. The van der Waals surface area contributed by atoms with E-state index < -0.39 is 0 Å². The van der Waals surface area contributed by atoms with Gasteiger partial charge in [-0.25, -0.2) is 9.97 Å². The number of rotatable bonds is 6. The highest BCUT2D eigenvalue weighted by atomic mass is 16.5. The molecule has 0 aliphatic carbocycles. The highest BCUT2D eigenvalue weighted by molar-refractivity contribution is 5.38. The molecule has 0 radical (unpaired) electrons. The summed E-state index contributed by atoms with van der Waals surface area (Å²) in [6.07, 6.45) is 8.53. The van der Waals surface area contributed by atoms with Crippen molar-refractivity contribution in [1.82, 2.24) is 9.97 Å². The van der Waals surface area contributed by atoms with E-state index in [0.717, 1.165) is 12.2 Å². The Hall–Kier alpha value is -1.76. The number of aromatic nitrogens is 2. The number of anilines is 1. The average molecular weight is 233 g/mol. The average Bonchev–Trinajstić information content (AvgIpc) is 2.28. The smallest absolute Gasteiger partial charge is 0.218 e. The predicted molar refractivity (Wildman–Crippen MR) is 68.9 cm³/mol. The normalized spacial score (nSPS) is 11.9. The maximum atomic E-state index is 5.50. The SMILES string of the molecule is C#CCC(CC)Nc1cc(OC(C)C)ncn1. The van der Waals surface area contributed by atoms with Crippen LogP contribution in [0.15, 0.2) is 12.4 Å². The van der Waals surface area contributed by atoms with Gasteiger partial charge in [0.1, 0.15) is 12.1 Å². The largest absolute Gasteiger partial charge is 0.475 e. The van der Waals surface area contributed by atoms with Gasteiger partial charge in [0, 0.05) is 18.5 Å². The Bertz CT molecular complexity index is 384. The fourth-order valence-corrected chi connectivity index (χ4v) is 1.37. The molecule has 0 saturated carbocycles. The van der Waals surface area contributed by atoms with E-state index in [-0.39, 0.29) is 12.1 Å². The van der Waals surface area contributed by atoms with Gasteiger partial charge in [-0.2, -0.15) is 0 Å². The molecule has 1 N–H and O–H groups in total. The molecule has 1 aromatic heterocycles. The zero-order valence-corrected chi connectivity index (χ0v) is 10.6. The molecule has 0 spiro atoms. The first-order valence-electron chi connectivity index (χ1n) is 5.84. The molecular formula is C13H19N3O. The summed E-state index contributed by atoms with van der Waals surface area (Å²) >= 11 is 0. The third-order valence-electron chi connectivity index (χ3n) is 2.21. The monoisotopic (exact) mass is 233 g/mol. The second-order valence-electron chi connectivity index (χ2n) is 4.07. The van der Waals surface area contributed by atoms with E-state index in [1.54, 1.807) is 6.07 Å². The summed E-state index contributed by atoms with van der Waals surface area (Å²) in [5, 5.41) is 3.27. The van der Waals surface area contributed by atoms with Crippen molar-refractivity contribution in [2.75, 3.05) is 5.32 Å². The Labute approximate surface area is 103 Å². The van der Waals surface area contributed by atoms with E-state index in [2.05, 4.69) is 28.1 Å². The van der Waals surface area contributed by atoms with Crippen LogP contribution in [0.4, 0.5) is 5.82 Å². The molecule has 92 valence electrons. The number of terminal acetylenes is 1. The Morgan fingerprint density at radius 1 is 1.47 bits per heavy atom. The van der Waals surface area contributed by atoms with Crippen molar-refractivity contribution < 1.29 is 4.74 Å². The van der Waals surface area contributed by atoms with Gasteiger partial charge in [0.15, 0.2) is 0 Å². The molecule has 0 aliphatic heterocycles. The highest BCUT2D eigenvalue weighted by Crippen LogP contribution is 2.14. The van der Waals surface area contributed by atoms with Crippen molar-refractivity contribution in [2.45, 2.75) is 45.8 Å². The van der Waals surface area contributed by atoms with Crippen LogP contribution in [-0.2, 0) is 0 Å². The summed E-state index contributed by atoms with van der Waals surface area (Å²) in [4.78, 5) is 8.19. The van der Waals surface area contributed by atoms with E-state index in [9.17, 15) is 0 Å². The topological polar surface area (TPSA) is 47.0 Å². The van der Waals surface area contributed by atoms with Crippen LogP contribution in [0.25, 0.3) is 0 Å². The van der Waals surface area contributed by atoms with Crippen molar-refractivity contribution in [3.8, 4) is 18.2 Å². The summed E-state index contributed by atoms with van der Waals surface area (Å²) in [6.45, 7) is 6.01. The van der Waals surface area contributed by atoms with Crippen LogP contribution in [0.3, 0.4) is 0 Å². The molecule has 0 aromatic carbocycles. The van der Waals surface area contributed by atoms with E-state index in [0.29, 0.717) is 12.3 Å². The Morgan fingerprint density at radius 2 is 2.24 bits per heavy atom. The molecule has 0 fully saturated rings. The lowest BCUT2D eigenvalue weighted by Gasteiger charge is -2.15. The summed E-state index contributed by atoms with van der Waals surface area (Å²) in [5.41, 5.74) is 0. The van der Waals surface area contributed by atoms with E-state index in [1.165, 1.54) is 6.33 Å². The summed E-state index contributed by atoms with van der Waals surface area (Å²) in [7, 11) is 0. The molecule has 17 heavy (non-hydrogen) atoms. The number of nitrogens with zero attached hydrogens (tertiary/aromatic N) is 2. The van der Waals surface area contributed by atoms with Gasteiger partial charge < -0.3 is 10.1 Å². The zero-order chi connectivity index (χ0) is 12.7. The lowest BCUT2D eigenvalue weighted by Crippen LogP contribution is -2.18. The van der Waals surface area contributed by atoms with Crippen molar-refractivity contribution in [1.29, 1.82) is 0 Å². The predicted octanol–water partition coefficient (Wildman–Crippen LogP) is 2.48. The van der Waals surface area contributed by atoms with E-state index in [1.807, 2.05) is 13.8 Å². The Morgan fingerprint density at radius 3 is 2.82 bits per heavy atom. The first-order chi connectivity index (χ1) is 8.15. The van der Waals surface area contributed by atoms with Crippen LogP contribution in [-0.4, -0.2) is 22.1 Å². The molecule has 0 saturated heterocycles. The molecule has 1 unspecified atom stereocenters. The first kappa shape index (κ1) is 13.3. The Kier molecular flexibility index (Phi) is 5.28. The molecule has 0 amide bonds. The van der Waals surface area contributed by atoms with Gasteiger partial charge in [-0.05, 0) is 20.3 Å². The van der Waals surface area contributed by atoms with Crippen molar-refractivity contribution in [2.24, 2.45) is 0 Å². The van der Waals surface area contributed by atoms with Gasteiger partial charge in [0.05, 0.1) is 6.10 Å². The maximum Gasteiger partial charge on any atom is 0.218 e. The zero-order valence-electron chi connectivity index (χ0n) is 10.6. The Balaban J connectivity index is 2.67. The maximum absolute atomic E-state index is 5.50. The van der Waals surface area contributed by atoms with Crippen LogP contribution in [0.1, 0.15) is 33.6 Å². The van der Waals surface area contributed by atoms with Crippen molar-refractivity contribution in [3.05, 3.63) is 12.4 Å². The number of ether oxygens (including phenoxy) is 1. The minimum absolute atomic E-state index is 0.102. The number of hydrogen-bond acceptors (Lipinski definition) is 4. The van der Waals surface area contributed by atoms with Crippen LogP contribution in [0, 0.1) is 12.3 Å². The van der Waals surface area contributed by atoms with Gasteiger partial charge in [0.25, 0.3) is 0 Å². The molecule has 1 atom stereocenters. The van der Waals surface area contributed by atoms with E-state index >= 15 is 0 Å². The first-order valence-corrected chi connectivity index (χ1v) is 5.84. The van der Waals surface area contributed by atoms with Crippen LogP contribution < -0.4 is 10.1 Å². The second-order valence-corrected chi connectivity index (χ2v) is 4.07. The summed E-state index contributed by atoms with van der Waals surface area (Å²) in [5.74, 6) is 3.97. The van der Waals surface area contributed by atoms with Gasteiger partial charge in [-0.1, -0.05) is 6.92 Å². The molecule has 0 bridgehead atoms. The lowest BCUT2D eigenvalue weighted by atomic mass is 10.1. The molecule has 1 heterocycles. The molecule has 4 heteroatoms. The third kappa shape index (κ3) is 4.73. The molecular weight excluding hydrogens is 214 g/mol. The van der Waals surface area contributed by atoms with Crippen LogP contribution in [0.5, 0.6) is 5.88 Å². The van der Waals surface area contributed by atoms with Crippen LogP contribution in [0.2, 0.25) is 0 Å². The van der Waals surface area contributed by atoms with Crippen molar-refractivity contribution in [3.63, 3.8) is 0 Å². The number of nitrogens with one attached hydrogen (secondary N) is 1. The van der Waals surface area contributed by atoms with Crippen LogP contribution >= 0.6 is 0 Å². The van der Waals surface area contributed by atoms with Gasteiger partial charge in [0.2, 0.25) is 5.88 Å². The van der Waals surface area contributed by atoms with Gasteiger partial charge in [-0.15, -0.1) is 12.3 Å². The summed E-state index contributed by atoms with van der Waals surface area (Å²) < 4.78 is 5.50. The van der Waals surface area contributed by atoms with Gasteiger partial charge >= 0.3 is 0 Å². The molecule has 0 aliphatic rings. The number of hydrogen-bond donors (Lipinski definition) is 1. The third-order valence-corrected chi connectivity index (χ3v) is 2.21. The molecule has 1 rings (SSSR count). The second kappa shape index (κ2) is 6.74. The standard InChI is InChI=1S/C13H19N3O/c1-5-7-11(6-2)16-12-8-13(15-9-14-12)17-10(3)4/h1,8-11H,6-7H2,2-4H3,(H,14,15,16). The van der Waals surface area contributed by atoms with E-state index in [4.69, 9.17) is 11.2 Å². The highest BCUT2D eigenvalue weighted by Gasteiger charge is 2.07. The van der Waals surface area contributed by atoms with Gasteiger partial charge in [-0.3, -0.25) is 0 Å². The van der Waals surface area contributed by atoms with Crippen molar-refractivity contribution >= 4 is 5.82 Å². The lowest BCUT2D eigenvalue weighted by molar-refractivity contribution is 0.232. The summed E-state index contributed by atoms with van der Waals surface area (Å²) in [6, 6.07) is 2.03. The fraction of sp³-hybridized carbons (Fsp3) is 0.538. The minimum Gasteiger partial charge on any atom is -0.475 e.